The standard InChI is InChI=1S/C7H7NO5S/c9-5-13-8-6-2-1-3-7(4-6)14(10,11)12/h1-5,8H,(H,10,11,12). The molecule has 0 spiro atoms. The van der Waals surface area contributed by atoms with Crippen molar-refractivity contribution in [1.82, 2.24) is 0 Å². The van der Waals surface area contributed by atoms with Crippen molar-refractivity contribution in [2.45, 2.75) is 4.90 Å². The highest BCUT2D eigenvalue weighted by Gasteiger charge is 2.09. The van der Waals surface area contributed by atoms with E-state index in [0.29, 0.717) is 0 Å². The van der Waals surface area contributed by atoms with E-state index < -0.39 is 10.1 Å². The number of nitrogens with one attached hydrogen (secondary N) is 1. The third-order valence-corrected chi connectivity index (χ3v) is 2.21. The Morgan fingerprint density at radius 1 is 1.43 bits per heavy atom. The van der Waals surface area contributed by atoms with Crippen LogP contribution in [-0.2, 0) is 19.8 Å². The number of rotatable bonds is 4. The monoisotopic (exact) mass is 217 g/mol. The number of anilines is 1. The van der Waals surface area contributed by atoms with E-state index in [9.17, 15) is 13.2 Å². The van der Waals surface area contributed by atoms with Gasteiger partial charge in [-0.2, -0.15) is 8.42 Å². The molecule has 1 aromatic rings. The molecule has 0 aromatic heterocycles. The summed E-state index contributed by atoms with van der Waals surface area (Å²) in [4.78, 5) is 13.7. The Morgan fingerprint density at radius 3 is 2.71 bits per heavy atom. The lowest BCUT2D eigenvalue weighted by atomic mass is 10.3. The Labute approximate surface area is 80.2 Å². The fourth-order valence-electron chi connectivity index (χ4n) is 0.812. The largest absolute Gasteiger partial charge is 0.347 e. The van der Waals surface area contributed by atoms with E-state index >= 15 is 0 Å². The molecule has 6 nitrogen and oxygen atoms in total. The normalized spacial score (nSPS) is 10.6. The summed E-state index contributed by atoms with van der Waals surface area (Å²) in [6.07, 6.45) is 0. The molecule has 0 fully saturated rings. The van der Waals surface area contributed by atoms with Crippen LogP contribution in [0.15, 0.2) is 29.2 Å². The van der Waals surface area contributed by atoms with Crippen molar-refractivity contribution in [2.75, 3.05) is 5.48 Å². The first kappa shape index (κ1) is 10.5. The molecule has 14 heavy (non-hydrogen) atoms. The molecule has 0 bridgehead atoms. The van der Waals surface area contributed by atoms with Crippen LogP contribution in [0.4, 0.5) is 5.69 Å². The first-order chi connectivity index (χ1) is 6.54. The van der Waals surface area contributed by atoms with Gasteiger partial charge in [-0.1, -0.05) is 6.07 Å². The van der Waals surface area contributed by atoms with Gasteiger partial charge < -0.3 is 4.84 Å². The number of hydrogen-bond acceptors (Lipinski definition) is 5. The molecule has 7 heteroatoms. The summed E-state index contributed by atoms with van der Waals surface area (Å²) < 4.78 is 30.0. The molecule has 0 amide bonds. The Bertz CT molecular complexity index is 427. The second-order valence-corrected chi connectivity index (χ2v) is 3.74. The molecule has 0 aliphatic heterocycles. The minimum Gasteiger partial charge on any atom is -0.347 e. The second kappa shape index (κ2) is 4.07. The summed E-state index contributed by atoms with van der Waals surface area (Å²) in [5.41, 5.74) is 2.41. The molecule has 0 aliphatic rings. The van der Waals surface area contributed by atoms with Gasteiger partial charge in [0.15, 0.2) is 0 Å². The van der Waals surface area contributed by atoms with Crippen molar-refractivity contribution in [3.63, 3.8) is 0 Å². The molecule has 0 unspecified atom stereocenters. The van der Waals surface area contributed by atoms with Gasteiger partial charge in [0.25, 0.3) is 10.1 Å². The molecule has 0 saturated heterocycles. The molecule has 0 heterocycles. The Balaban J connectivity index is 2.95. The summed E-state index contributed by atoms with van der Waals surface area (Å²) in [5.74, 6) is 0. The molecular weight excluding hydrogens is 210 g/mol. The van der Waals surface area contributed by atoms with Crippen LogP contribution in [0.2, 0.25) is 0 Å². The summed E-state index contributed by atoms with van der Waals surface area (Å²) in [6, 6.07) is 5.19. The van der Waals surface area contributed by atoms with Crippen LogP contribution in [-0.4, -0.2) is 19.4 Å². The van der Waals surface area contributed by atoms with Gasteiger partial charge in [-0.15, -0.1) is 0 Å². The summed E-state index contributed by atoms with van der Waals surface area (Å²) >= 11 is 0. The smallest absolute Gasteiger partial charge is 0.320 e. The van der Waals surface area contributed by atoms with Gasteiger partial charge in [-0.05, 0) is 18.2 Å². The zero-order valence-corrected chi connectivity index (χ0v) is 7.69. The maximum Gasteiger partial charge on any atom is 0.320 e. The highest BCUT2D eigenvalue weighted by molar-refractivity contribution is 7.85. The molecule has 0 aliphatic carbocycles. The van der Waals surface area contributed by atoms with Crippen LogP contribution in [0.3, 0.4) is 0 Å². The van der Waals surface area contributed by atoms with E-state index in [4.69, 9.17) is 4.55 Å². The fourth-order valence-corrected chi connectivity index (χ4v) is 1.34. The van der Waals surface area contributed by atoms with Crippen LogP contribution in [0.1, 0.15) is 0 Å². The van der Waals surface area contributed by atoms with Crippen LogP contribution < -0.4 is 5.48 Å². The lowest BCUT2D eigenvalue weighted by molar-refractivity contribution is -0.126. The van der Waals surface area contributed by atoms with Gasteiger partial charge in [0.2, 0.25) is 0 Å². The summed E-state index contributed by atoms with van der Waals surface area (Å²) in [6.45, 7) is 0.153. The molecular formula is C7H7NO5S. The molecule has 2 N–H and O–H groups in total. The molecule has 0 saturated carbocycles. The molecule has 1 aromatic carbocycles. The van der Waals surface area contributed by atoms with Gasteiger partial charge in [0.1, 0.15) is 0 Å². The van der Waals surface area contributed by atoms with Crippen LogP contribution in [0, 0.1) is 0 Å². The number of carbonyl (C=O) groups is 1. The summed E-state index contributed by atoms with van der Waals surface area (Å²) in [7, 11) is -4.23. The van der Waals surface area contributed by atoms with Crippen molar-refractivity contribution in [3.05, 3.63) is 24.3 Å². The first-order valence-electron chi connectivity index (χ1n) is 3.47. The van der Waals surface area contributed by atoms with E-state index in [2.05, 4.69) is 10.3 Å². The first-order valence-corrected chi connectivity index (χ1v) is 4.91. The van der Waals surface area contributed by atoms with Crippen molar-refractivity contribution in [2.24, 2.45) is 0 Å². The fraction of sp³-hybridized carbons (Fsp3) is 0. The van der Waals surface area contributed by atoms with Crippen molar-refractivity contribution >= 4 is 22.3 Å². The predicted octanol–water partition coefficient (Wildman–Crippen LogP) is 0.433. The molecule has 0 atom stereocenters. The minimum absolute atomic E-state index is 0.153. The Morgan fingerprint density at radius 2 is 2.14 bits per heavy atom. The lowest BCUT2D eigenvalue weighted by Gasteiger charge is -2.03. The van der Waals surface area contributed by atoms with E-state index in [1.54, 1.807) is 0 Å². The predicted molar refractivity (Wildman–Crippen MR) is 47.0 cm³/mol. The Kier molecular flexibility index (Phi) is 3.05. The Hall–Kier alpha value is -1.60. The average Bonchev–Trinajstić information content (AvgIpc) is 2.14. The van der Waals surface area contributed by atoms with Gasteiger partial charge >= 0.3 is 6.47 Å². The van der Waals surface area contributed by atoms with Crippen LogP contribution in [0.25, 0.3) is 0 Å². The quantitative estimate of drug-likeness (QED) is 0.431. The van der Waals surface area contributed by atoms with E-state index in [-0.39, 0.29) is 17.1 Å². The van der Waals surface area contributed by atoms with E-state index in [1.807, 2.05) is 0 Å². The third-order valence-electron chi connectivity index (χ3n) is 1.36. The summed E-state index contributed by atoms with van der Waals surface area (Å²) in [5, 5.41) is 0. The highest BCUT2D eigenvalue weighted by Crippen LogP contribution is 2.14. The zero-order valence-electron chi connectivity index (χ0n) is 6.88. The maximum absolute atomic E-state index is 10.7. The zero-order chi connectivity index (χ0) is 10.6. The second-order valence-electron chi connectivity index (χ2n) is 2.32. The molecule has 76 valence electrons. The number of benzene rings is 1. The topological polar surface area (TPSA) is 92.7 Å². The van der Waals surface area contributed by atoms with Crippen molar-refractivity contribution < 1.29 is 22.6 Å². The SMILES string of the molecule is O=CONc1cccc(S(=O)(=O)O)c1. The number of carbonyl (C=O) groups excluding carboxylic acids is 1. The van der Waals surface area contributed by atoms with E-state index in [1.165, 1.54) is 18.2 Å². The van der Waals surface area contributed by atoms with Crippen molar-refractivity contribution in [1.29, 1.82) is 0 Å². The third kappa shape index (κ3) is 2.71. The van der Waals surface area contributed by atoms with E-state index in [0.717, 1.165) is 6.07 Å². The van der Waals surface area contributed by atoms with Crippen LogP contribution >= 0.6 is 0 Å². The van der Waals surface area contributed by atoms with Gasteiger partial charge in [-0.25, -0.2) is 5.48 Å². The minimum atomic E-state index is -4.23. The lowest BCUT2D eigenvalue weighted by Crippen LogP contribution is -2.02. The highest BCUT2D eigenvalue weighted by atomic mass is 32.2. The van der Waals surface area contributed by atoms with Crippen LogP contribution in [0.5, 0.6) is 0 Å². The molecule has 1 rings (SSSR count). The van der Waals surface area contributed by atoms with Gasteiger partial charge in [0.05, 0.1) is 10.6 Å². The van der Waals surface area contributed by atoms with Crippen molar-refractivity contribution in [3.8, 4) is 0 Å². The molecule has 0 radical (unpaired) electrons. The number of hydrogen-bond donors (Lipinski definition) is 2. The van der Waals surface area contributed by atoms with Gasteiger partial charge in [0, 0.05) is 0 Å². The maximum atomic E-state index is 10.7. The average molecular weight is 217 g/mol. The van der Waals surface area contributed by atoms with Gasteiger partial charge in [-0.3, -0.25) is 9.35 Å².